The van der Waals surface area contributed by atoms with E-state index in [4.69, 9.17) is 9.47 Å². The molecule has 130 valence electrons. The van der Waals surface area contributed by atoms with Crippen LogP contribution in [-0.2, 0) is 11.2 Å². The maximum atomic E-state index is 12.7. The zero-order valence-electron chi connectivity index (χ0n) is 14.5. The highest BCUT2D eigenvalue weighted by Crippen LogP contribution is 2.48. The van der Waals surface area contributed by atoms with Gasteiger partial charge in [0.2, 0.25) is 5.91 Å². The summed E-state index contributed by atoms with van der Waals surface area (Å²) in [5, 5.41) is 3.04. The van der Waals surface area contributed by atoms with Gasteiger partial charge in [-0.25, -0.2) is 0 Å². The highest BCUT2D eigenvalue weighted by atomic mass is 16.5. The molecule has 0 saturated heterocycles. The fourth-order valence-corrected chi connectivity index (χ4v) is 3.49. The van der Waals surface area contributed by atoms with E-state index < -0.39 is 0 Å². The lowest BCUT2D eigenvalue weighted by atomic mass is 10.1. The Labute approximate surface area is 147 Å². The molecule has 25 heavy (non-hydrogen) atoms. The molecule has 2 aliphatic rings. The summed E-state index contributed by atoms with van der Waals surface area (Å²) in [4.78, 5) is 16.8. The first kappa shape index (κ1) is 15.9. The van der Waals surface area contributed by atoms with Gasteiger partial charge in [-0.1, -0.05) is 6.07 Å². The molecule has 0 spiro atoms. The van der Waals surface area contributed by atoms with Crippen LogP contribution in [0.3, 0.4) is 0 Å². The first-order valence-electron chi connectivity index (χ1n) is 8.83. The molecule has 5 nitrogen and oxygen atoms in total. The molecule has 2 aromatic rings. The summed E-state index contributed by atoms with van der Waals surface area (Å²) in [5.41, 5.74) is 2.95. The molecular formula is C20H22N2O3. The van der Waals surface area contributed by atoms with Gasteiger partial charge in [0.1, 0.15) is 17.6 Å². The number of ether oxygens (including phenoxy) is 2. The topological polar surface area (TPSA) is 60.5 Å². The van der Waals surface area contributed by atoms with E-state index in [-0.39, 0.29) is 23.8 Å². The number of anilines is 1. The van der Waals surface area contributed by atoms with E-state index in [1.165, 1.54) is 0 Å². The summed E-state index contributed by atoms with van der Waals surface area (Å²) < 4.78 is 11.5. The minimum Gasteiger partial charge on any atom is -0.492 e. The van der Waals surface area contributed by atoms with E-state index in [0.29, 0.717) is 18.0 Å². The summed E-state index contributed by atoms with van der Waals surface area (Å²) in [6.45, 7) is 4.54. The van der Waals surface area contributed by atoms with Crippen molar-refractivity contribution in [1.29, 1.82) is 0 Å². The van der Waals surface area contributed by atoms with Crippen LogP contribution in [0.4, 0.5) is 5.69 Å². The predicted octanol–water partition coefficient (Wildman–Crippen LogP) is 3.55. The summed E-state index contributed by atoms with van der Waals surface area (Å²) in [6.07, 6.45) is 5.48. The Morgan fingerprint density at radius 2 is 2.32 bits per heavy atom. The quantitative estimate of drug-likeness (QED) is 0.906. The molecule has 4 rings (SSSR count). The molecule has 1 aromatic heterocycles. The number of hydrogen-bond donors (Lipinski definition) is 1. The Balaban J connectivity index is 1.51. The number of nitrogens with one attached hydrogen (secondary N) is 1. The second-order valence-electron chi connectivity index (χ2n) is 6.75. The fraction of sp³-hybridized carbons (Fsp3) is 0.400. The van der Waals surface area contributed by atoms with Gasteiger partial charge in [-0.15, -0.1) is 0 Å². The van der Waals surface area contributed by atoms with Gasteiger partial charge in [0.05, 0.1) is 12.3 Å². The Morgan fingerprint density at radius 3 is 3.08 bits per heavy atom. The van der Waals surface area contributed by atoms with Crippen molar-refractivity contribution in [2.75, 3.05) is 11.9 Å². The SMILES string of the molecule is CCOc1cc2c(cc1NC(=O)[C@@H]1C[C@H]1c1cccnc1)O[C@@H](C)C2. The molecular weight excluding hydrogens is 316 g/mol. The molecule has 1 aliphatic heterocycles. The monoisotopic (exact) mass is 338 g/mol. The number of carbonyl (C=O) groups excluding carboxylic acids is 1. The van der Waals surface area contributed by atoms with Crippen molar-refractivity contribution in [3.8, 4) is 11.5 Å². The van der Waals surface area contributed by atoms with Crippen LogP contribution in [0.5, 0.6) is 11.5 Å². The van der Waals surface area contributed by atoms with Crippen molar-refractivity contribution < 1.29 is 14.3 Å². The third-order valence-corrected chi connectivity index (χ3v) is 4.80. The average Bonchev–Trinajstić information content (AvgIpc) is 3.33. The highest BCUT2D eigenvalue weighted by Gasteiger charge is 2.44. The number of nitrogens with zero attached hydrogens (tertiary/aromatic N) is 1. The van der Waals surface area contributed by atoms with Gasteiger partial charge in [0, 0.05) is 36.4 Å². The van der Waals surface area contributed by atoms with E-state index in [1.807, 2.05) is 44.3 Å². The first-order valence-corrected chi connectivity index (χ1v) is 8.83. The van der Waals surface area contributed by atoms with E-state index in [9.17, 15) is 4.79 Å². The Bertz CT molecular complexity index is 791. The Kier molecular flexibility index (Phi) is 4.07. The van der Waals surface area contributed by atoms with E-state index in [0.717, 1.165) is 29.7 Å². The number of hydrogen-bond acceptors (Lipinski definition) is 4. The summed E-state index contributed by atoms with van der Waals surface area (Å²) in [7, 11) is 0. The lowest BCUT2D eigenvalue weighted by Gasteiger charge is -2.13. The third kappa shape index (κ3) is 3.18. The van der Waals surface area contributed by atoms with Crippen LogP contribution in [0.25, 0.3) is 0 Å². The minimum absolute atomic E-state index is 0.00762. The van der Waals surface area contributed by atoms with Gasteiger partial charge in [0.25, 0.3) is 0 Å². The summed E-state index contributed by atoms with van der Waals surface area (Å²) in [6, 6.07) is 7.82. The van der Waals surface area contributed by atoms with Crippen molar-refractivity contribution in [1.82, 2.24) is 4.98 Å². The number of fused-ring (bicyclic) bond motifs is 1. The number of carbonyl (C=O) groups is 1. The zero-order chi connectivity index (χ0) is 17.4. The zero-order valence-corrected chi connectivity index (χ0v) is 14.5. The van der Waals surface area contributed by atoms with Crippen LogP contribution in [0.15, 0.2) is 36.7 Å². The van der Waals surface area contributed by atoms with Crippen molar-refractivity contribution in [3.05, 3.63) is 47.8 Å². The minimum atomic E-state index is -0.00762. The van der Waals surface area contributed by atoms with Crippen LogP contribution in [0.2, 0.25) is 0 Å². The molecule has 1 N–H and O–H groups in total. The number of pyridine rings is 1. The van der Waals surface area contributed by atoms with Crippen molar-refractivity contribution >= 4 is 11.6 Å². The van der Waals surface area contributed by atoms with E-state index in [1.54, 1.807) is 6.20 Å². The molecule has 0 radical (unpaired) electrons. The van der Waals surface area contributed by atoms with Gasteiger partial charge in [-0.2, -0.15) is 0 Å². The van der Waals surface area contributed by atoms with E-state index >= 15 is 0 Å². The van der Waals surface area contributed by atoms with E-state index in [2.05, 4.69) is 10.3 Å². The van der Waals surface area contributed by atoms with Crippen LogP contribution < -0.4 is 14.8 Å². The van der Waals surface area contributed by atoms with Crippen molar-refractivity contribution in [2.24, 2.45) is 5.92 Å². The maximum absolute atomic E-state index is 12.7. The molecule has 0 unspecified atom stereocenters. The molecule has 0 bridgehead atoms. The molecule has 1 amide bonds. The Morgan fingerprint density at radius 1 is 1.44 bits per heavy atom. The van der Waals surface area contributed by atoms with Gasteiger partial charge >= 0.3 is 0 Å². The lowest BCUT2D eigenvalue weighted by molar-refractivity contribution is -0.117. The van der Waals surface area contributed by atoms with Crippen LogP contribution >= 0.6 is 0 Å². The smallest absolute Gasteiger partial charge is 0.228 e. The van der Waals surface area contributed by atoms with Crippen LogP contribution in [0, 0.1) is 5.92 Å². The second kappa shape index (κ2) is 6.39. The molecule has 1 saturated carbocycles. The maximum Gasteiger partial charge on any atom is 0.228 e. The highest BCUT2D eigenvalue weighted by molar-refractivity contribution is 5.96. The van der Waals surface area contributed by atoms with Crippen LogP contribution in [0.1, 0.15) is 37.3 Å². The van der Waals surface area contributed by atoms with Gasteiger partial charge in [0.15, 0.2) is 0 Å². The predicted molar refractivity (Wildman–Crippen MR) is 95.1 cm³/mol. The lowest BCUT2D eigenvalue weighted by Crippen LogP contribution is -2.15. The summed E-state index contributed by atoms with van der Waals surface area (Å²) in [5.74, 6) is 1.83. The van der Waals surface area contributed by atoms with Gasteiger partial charge in [-0.05, 0) is 43.9 Å². The third-order valence-electron chi connectivity index (χ3n) is 4.80. The fourth-order valence-electron chi connectivity index (χ4n) is 3.49. The number of amides is 1. The molecule has 1 aromatic carbocycles. The molecule has 1 aliphatic carbocycles. The Hall–Kier alpha value is -2.56. The molecule has 5 heteroatoms. The largest absolute Gasteiger partial charge is 0.492 e. The molecule has 3 atom stereocenters. The first-order chi connectivity index (χ1) is 12.2. The number of aromatic nitrogens is 1. The van der Waals surface area contributed by atoms with Gasteiger partial charge in [-0.3, -0.25) is 9.78 Å². The van der Waals surface area contributed by atoms with Crippen molar-refractivity contribution in [2.45, 2.75) is 38.7 Å². The average molecular weight is 338 g/mol. The van der Waals surface area contributed by atoms with Gasteiger partial charge < -0.3 is 14.8 Å². The normalized spacial score (nSPS) is 23.5. The standard InChI is InChI=1S/C20H22N2O3/c1-3-24-19-8-14-7-12(2)25-18(14)10-17(19)22-20(23)16-9-15(16)13-5-4-6-21-11-13/h4-6,8,10-12,15-16H,3,7,9H2,1-2H3,(H,22,23)/t12-,15-,16+/m0/s1. The number of rotatable bonds is 5. The van der Waals surface area contributed by atoms with Crippen molar-refractivity contribution in [3.63, 3.8) is 0 Å². The van der Waals surface area contributed by atoms with Crippen LogP contribution in [-0.4, -0.2) is 23.6 Å². The second-order valence-corrected chi connectivity index (χ2v) is 6.75. The summed E-state index contributed by atoms with van der Waals surface area (Å²) >= 11 is 0. The molecule has 2 heterocycles. The number of benzene rings is 1. The molecule has 1 fully saturated rings.